The van der Waals surface area contributed by atoms with Crippen LogP contribution < -0.4 is 36.1 Å². The molecule has 0 aliphatic carbocycles. The second-order valence-corrected chi connectivity index (χ2v) is 8.33. The maximum absolute atomic E-state index is 10.9. The van der Waals surface area contributed by atoms with E-state index in [0.717, 1.165) is 6.42 Å². The van der Waals surface area contributed by atoms with Gasteiger partial charge in [-0.3, -0.25) is 4.79 Å². The number of hydrogen-bond acceptors (Lipinski definition) is 14. The Morgan fingerprint density at radius 2 is 1.23 bits per heavy atom. The summed E-state index contributed by atoms with van der Waals surface area (Å²) in [4.78, 5) is 10.9. The second kappa shape index (κ2) is 20.1. The minimum absolute atomic E-state index is 0. The summed E-state index contributed by atoms with van der Waals surface area (Å²) in [5, 5.41) is 3.39. The van der Waals surface area contributed by atoms with E-state index in [4.69, 9.17) is 25.9 Å². The van der Waals surface area contributed by atoms with E-state index in [9.17, 15) is 31.1 Å². The smallest absolute Gasteiger partial charge is 0.741 e. The quantitative estimate of drug-likeness (QED) is 0.0790. The van der Waals surface area contributed by atoms with Gasteiger partial charge in [0.15, 0.2) is 20.2 Å². The normalized spacial score (nSPS) is 18.3. The molecule has 0 saturated carbocycles. The van der Waals surface area contributed by atoms with E-state index in [1.54, 1.807) is 0 Å². The van der Waals surface area contributed by atoms with Crippen LogP contribution in [0.25, 0.3) is 0 Å². The Balaban J connectivity index is -0.0000000499. The third kappa shape index (κ3) is 24.5. The van der Waals surface area contributed by atoms with Gasteiger partial charge in [-0.25, -0.2) is 16.8 Å². The molecule has 1 aliphatic heterocycles. The summed E-state index contributed by atoms with van der Waals surface area (Å²) in [5.41, 5.74) is -11.3. The number of ether oxygens (including phenoxy) is 1. The van der Waals surface area contributed by atoms with Crippen LogP contribution in [0.15, 0.2) is 12.2 Å². The van der Waals surface area contributed by atoms with Crippen molar-refractivity contribution in [1.82, 2.24) is 36.1 Å². The molecule has 1 rings (SSSR count). The van der Waals surface area contributed by atoms with E-state index in [0.29, 0.717) is 12.5 Å². The molecule has 1 heterocycles. The fourth-order valence-electron chi connectivity index (χ4n) is 1.59. The van der Waals surface area contributed by atoms with Crippen LogP contribution in [0.2, 0.25) is 0 Å². The summed E-state index contributed by atoms with van der Waals surface area (Å²) < 4.78 is 122. The van der Waals surface area contributed by atoms with E-state index < -0.39 is 31.3 Å². The minimum Gasteiger partial charge on any atom is -0.741 e. The van der Waals surface area contributed by atoms with Crippen molar-refractivity contribution in [3.8, 4) is 0 Å². The maximum Gasteiger partial charge on any atom is 2.00 e. The van der Waals surface area contributed by atoms with Crippen molar-refractivity contribution in [2.24, 2.45) is 0 Å². The van der Waals surface area contributed by atoms with Crippen LogP contribution in [0.3, 0.4) is 0 Å². The van der Waals surface area contributed by atoms with Crippen molar-refractivity contribution in [2.45, 2.75) is 49.3 Å². The van der Waals surface area contributed by atoms with E-state index in [2.05, 4.69) is 36.1 Å². The van der Waals surface area contributed by atoms with Gasteiger partial charge in [0.25, 0.3) is 0 Å². The van der Waals surface area contributed by atoms with Gasteiger partial charge in [0, 0.05) is 18.0 Å². The van der Waals surface area contributed by atoms with Gasteiger partial charge in [0.05, 0.1) is 7.11 Å². The largest absolute Gasteiger partial charge is 2.00 e. The minimum atomic E-state index is -6.09. The number of nitrogens with one attached hydrogen (secondary N) is 1. The molecule has 220 valence electrons. The second-order valence-electron chi connectivity index (χ2n) is 5.59. The van der Waals surface area contributed by atoms with Crippen molar-refractivity contribution < 1.29 is 81.6 Å². The molecule has 0 radical (unpaired) electrons. The zero-order chi connectivity index (χ0) is 23.9. The third-order valence-electron chi connectivity index (χ3n) is 2.95. The Bertz CT molecular complexity index is 756. The van der Waals surface area contributed by atoms with Gasteiger partial charge in [-0.05, 0) is 20.3 Å². The van der Waals surface area contributed by atoms with Crippen LogP contribution in [0.1, 0.15) is 26.7 Å². The van der Waals surface area contributed by atoms with Gasteiger partial charge in [-0.1, -0.05) is 12.2 Å². The zero-order valence-electron chi connectivity index (χ0n) is 18.9. The molecule has 1 aliphatic rings. The van der Waals surface area contributed by atoms with E-state index in [1.807, 2.05) is 0 Å². The molecule has 0 saturated heterocycles. The summed E-state index contributed by atoms with van der Waals surface area (Å²) >= 11 is 0. The molecule has 2 atom stereocenters. The van der Waals surface area contributed by atoms with Gasteiger partial charge in [0.2, 0.25) is 0 Å². The molecule has 0 aromatic rings. The first-order valence-electron chi connectivity index (χ1n) is 7.14. The van der Waals surface area contributed by atoms with Crippen molar-refractivity contribution in [2.75, 3.05) is 7.11 Å². The van der Waals surface area contributed by atoms with Gasteiger partial charge >= 0.3 is 36.8 Å². The van der Waals surface area contributed by atoms with E-state index in [1.165, 1.54) is 7.11 Å². The topological polar surface area (TPSA) is 328 Å². The van der Waals surface area contributed by atoms with Crippen LogP contribution in [0.5, 0.6) is 0 Å². The van der Waals surface area contributed by atoms with Crippen molar-refractivity contribution in [1.29, 1.82) is 0 Å². The van der Waals surface area contributed by atoms with Crippen molar-refractivity contribution >= 4 is 26.2 Å². The first-order valence-corrected chi connectivity index (χ1v) is 9.95. The molecule has 23 heteroatoms. The molecule has 35 heavy (non-hydrogen) atoms. The average Bonchev–Trinajstić information content (AvgIpc) is 2.82. The number of hydrogen-bond donors (Lipinski definition) is 6. The number of carbonyl (C=O) groups excluding carboxylic acids is 1. The number of rotatable bonds is 3. The molecule has 0 amide bonds. The molecule has 0 unspecified atom stereocenters. The standard InChI is InChI=1S/C10H17NO2.2CHF3O3S.5H3N.Os/c1-8-4-6-10(2,11-8)7-5-9(12)13-3;2*2-1(3,4)8(5,6)7;;;;;;/h4,6,8,11H,5,7H2,1-3H3;2*(H,5,6,7);5*1H3;/q;;;;;;;;+2/p-2/t8-,10+;;;;;;;;/m0......../s1. The van der Waals surface area contributed by atoms with Crippen LogP contribution in [-0.4, -0.2) is 61.6 Å². The van der Waals surface area contributed by atoms with E-state index in [-0.39, 0.29) is 62.1 Å². The predicted octanol–water partition coefficient (Wildman–Crippen LogP) is 2.16. The van der Waals surface area contributed by atoms with Crippen molar-refractivity contribution in [3.63, 3.8) is 0 Å². The Morgan fingerprint density at radius 3 is 1.40 bits per heavy atom. The van der Waals surface area contributed by atoms with Crippen LogP contribution >= 0.6 is 0 Å². The summed E-state index contributed by atoms with van der Waals surface area (Å²) in [6, 6.07) is 0.405. The van der Waals surface area contributed by atoms with Crippen LogP contribution in [-0.2, 0) is 49.6 Å². The Labute approximate surface area is 212 Å². The van der Waals surface area contributed by atoms with Gasteiger partial charge in [-0.2, -0.15) is 26.3 Å². The average molecular weight is 757 g/mol. The molecule has 0 bridgehead atoms. The number of carbonyl (C=O) groups is 1. The first kappa shape index (κ1) is 54.8. The zero-order valence-corrected chi connectivity index (χ0v) is 23.1. The first-order chi connectivity index (χ1) is 12.6. The summed E-state index contributed by atoms with van der Waals surface area (Å²) in [6.45, 7) is 4.19. The summed E-state index contributed by atoms with van der Waals surface area (Å²) in [6.07, 6.45) is 5.51. The monoisotopic (exact) mass is 758 g/mol. The molecule has 0 fully saturated rings. The molecular weight excluding hydrogens is 725 g/mol. The fourth-order valence-corrected chi connectivity index (χ4v) is 1.59. The Morgan fingerprint density at radius 1 is 0.943 bits per heavy atom. The summed E-state index contributed by atoms with van der Waals surface area (Å²) in [5.74, 6) is -0.143. The van der Waals surface area contributed by atoms with E-state index >= 15 is 0 Å². The number of alkyl halides is 6. The van der Waals surface area contributed by atoms with Crippen LogP contribution in [0.4, 0.5) is 26.3 Å². The maximum atomic E-state index is 10.9. The van der Waals surface area contributed by atoms with Crippen molar-refractivity contribution in [3.05, 3.63) is 12.2 Å². The molecule has 16 N–H and O–H groups in total. The third-order valence-corrected chi connectivity index (χ3v) is 4.09. The van der Waals surface area contributed by atoms with Gasteiger partial charge < -0.3 is 49.9 Å². The predicted molar refractivity (Wildman–Crippen MR) is 108 cm³/mol. The molecular formula is C12H32F6N6O8OsS2. The molecule has 0 aromatic carbocycles. The van der Waals surface area contributed by atoms with Gasteiger partial charge in [0.1, 0.15) is 0 Å². The summed E-state index contributed by atoms with van der Waals surface area (Å²) in [7, 11) is -10.8. The molecule has 0 aromatic heterocycles. The SMILES string of the molecule is COC(=O)CC[C@@]1(C)C=C[C@H](C)N1.N.N.N.N.N.O=S(=O)([O-])C(F)(F)F.O=S(=O)([O-])C(F)(F)F.[Os+2]. The van der Waals surface area contributed by atoms with Crippen LogP contribution in [0, 0.1) is 0 Å². The fraction of sp³-hybridized carbons (Fsp3) is 0.750. The number of esters is 1. The number of halogens is 6. The molecule has 0 spiro atoms. The Hall–Kier alpha value is -0.994. The molecule has 14 nitrogen and oxygen atoms in total. The number of methoxy groups -OCH3 is 1. The Kier molecular flexibility index (Phi) is 31.5. The van der Waals surface area contributed by atoms with Gasteiger partial charge in [-0.15, -0.1) is 0 Å².